The molecule has 4 nitrogen and oxygen atoms in total. The number of esters is 1. The fraction of sp³-hybridized carbons (Fsp3) is 0.941. The molecule has 1 aliphatic carbocycles. The number of rotatable bonds is 10. The molecule has 4 heteroatoms. The molecule has 1 unspecified atom stereocenters. The van der Waals surface area contributed by atoms with Crippen LogP contribution in [0.3, 0.4) is 0 Å². The minimum absolute atomic E-state index is 0.0920. The predicted octanol–water partition coefficient (Wildman–Crippen LogP) is 2.96. The molecule has 0 bridgehead atoms. The van der Waals surface area contributed by atoms with Crippen molar-refractivity contribution in [2.24, 2.45) is 0 Å². The molecular weight excluding hydrogens is 264 g/mol. The van der Waals surface area contributed by atoms with Crippen LogP contribution in [0.2, 0.25) is 0 Å². The van der Waals surface area contributed by atoms with Gasteiger partial charge in [-0.3, -0.25) is 4.79 Å². The van der Waals surface area contributed by atoms with Crippen LogP contribution >= 0.6 is 0 Å². The Hall–Kier alpha value is -0.610. The third-order valence-corrected chi connectivity index (χ3v) is 4.41. The Bertz CT molecular complexity index is 278. The Labute approximate surface area is 130 Å². The highest BCUT2D eigenvalue weighted by atomic mass is 16.5. The molecule has 0 heterocycles. The van der Waals surface area contributed by atoms with Gasteiger partial charge >= 0.3 is 5.97 Å². The number of nitrogens with zero attached hydrogens (tertiary/aromatic N) is 1. The van der Waals surface area contributed by atoms with E-state index in [9.17, 15) is 4.79 Å². The third-order valence-electron chi connectivity index (χ3n) is 4.41. The van der Waals surface area contributed by atoms with Crippen LogP contribution in [0.4, 0.5) is 0 Å². The monoisotopic (exact) mass is 298 g/mol. The first kappa shape index (κ1) is 18.4. The summed E-state index contributed by atoms with van der Waals surface area (Å²) < 4.78 is 5.19. The zero-order valence-electron chi connectivity index (χ0n) is 14.2. The van der Waals surface area contributed by atoms with Gasteiger partial charge in [-0.2, -0.15) is 0 Å². The molecule has 124 valence electrons. The normalized spacial score (nSPS) is 17.9. The third kappa shape index (κ3) is 6.79. The summed E-state index contributed by atoms with van der Waals surface area (Å²) in [7, 11) is 0. The topological polar surface area (TPSA) is 41.6 Å². The van der Waals surface area contributed by atoms with Gasteiger partial charge < -0.3 is 15.0 Å². The SMILES string of the molecule is CCCNC(CCN(CC)C1CCCCC1)C(=O)OCC. The number of nitrogens with one attached hydrogen (secondary N) is 1. The summed E-state index contributed by atoms with van der Waals surface area (Å²) in [5.41, 5.74) is 0. The highest BCUT2D eigenvalue weighted by Gasteiger charge is 2.23. The van der Waals surface area contributed by atoms with Crippen LogP contribution in [0.15, 0.2) is 0 Å². The number of carbonyl (C=O) groups is 1. The predicted molar refractivity (Wildman–Crippen MR) is 87.5 cm³/mol. The van der Waals surface area contributed by atoms with Gasteiger partial charge in [0, 0.05) is 12.6 Å². The van der Waals surface area contributed by atoms with Crippen LogP contribution in [0.5, 0.6) is 0 Å². The molecule has 0 amide bonds. The number of hydrogen-bond donors (Lipinski definition) is 1. The van der Waals surface area contributed by atoms with Crippen molar-refractivity contribution in [3.63, 3.8) is 0 Å². The molecule has 1 rings (SSSR count). The van der Waals surface area contributed by atoms with E-state index in [0.717, 1.165) is 38.5 Å². The van der Waals surface area contributed by atoms with Gasteiger partial charge in [-0.25, -0.2) is 0 Å². The van der Waals surface area contributed by atoms with Gasteiger partial charge in [-0.1, -0.05) is 33.1 Å². The van der Waals surface area contributed by atoms with Crippen molar-refractivity contribution >= 4 is 5.97 Å². The van der Waals surface area contributed by atoms with E-state index in [1.807, 2.05) is 6.92 Å². The largest absolute Gasteiger partial charge is 0.465 e. The maximum atomic E-state index is 12.0. The number of hydrogen-bond acceptors (Lipinski definition) is 4. The molecule has 1 N–H and O–H groups in total. The summed E-state index contributed by atoms with van der Waals surface area (Å²) in [6.07, 6.45) is 8.63. The molecule has 0 spiro atoms. The maximum absolute atomic E-state index is 12.0. The molecule has 0 aromatic carbocycles. The summed E-state index contributed by atoms with van der Waals surface area (Å²) in [5.74, 6) is -0.0920. The zero-order valence-corrected chi connectivity index (χ0v) is 14.2. The van der Waals surface area contributed by atoms with Gasteiger partial charge in [-0.15, -0.1) is 0 Å². The van der Waals surface area contributed by atoms with Crippen LogP contribution in [0, 0.1) is 0 Å². The number of carbonyl (C=O) groups excluding carboxylic acids is 1. The highest BCUT2D eigenvalue weighted by Crippen LogP contribution is 2.22. The van der Waals surface area contributed by atoms with E-state index in [4.69, 9.17) is 4.74 Å². The van der Waals surface area contributed by atoms with Gasteiger partial charge in [-0.05, 0) is 45.7 Å². The number of ether oxygens (including phenoxy) is 1. The molecule has 0 saturated heterocycles. The molecule has 0 aromatic heterocycles. The molecule has 1 atom stereocenters. The minimum Gasteiger partial charge on any atom is -0.465 e. The summed E-state index contributed by atoms with van der Waals surface area (Å²) in [4.78, 5) is 14.6. The molecule has 1 aliphatic rings. The second kappa shape index (κ2) is 11.0. The Balaban J connectivity index is 2.45. The van der Waals surface area contributed by atoms with Crippen molar-refractivity contribution in [1.29, 1.82) is 0 Å². The van der Waals surface area contributed by atoms with Crippen molar-refractivity contribution in [2.75, 3.05) is 26.2 Å². The van der Waals surface area contributed by atoms with Crippen molar-refractivity contribution in [2.45, 2.75) is 77.8 Å². The molecular formula is C17H34N2O2. The lowest BCUT2D eigenvalue weighted by Crippen LogP contribution is -2.44. The molecule has 0 aliphatic heterocycles. The molecule has 0 aromatic rings. The van der Waals surface area contributed by atoms with Crippen LogP contribution in [0.1, 0.15) is 65.7 Å². The van der Waals surface area contributed by atoms with Crippen LogP contribution < -0.4 is 5.32 Å². The fourth-order valence-electron chi connectivity index (χ4n) is 3.20. The van der Waals surface area contributed by atoms with Crippen molar-refractivity contribution in [3.05, 3.63) is 0 Å². The fourth-order valence-corrected chi connectivity index (χ4v) is 3.20. The molecule has 1 fully saturated rings. The summed E-state index contributed by atoms with van der Waals surface area (Å²) in [5, 5.41) is 3.34. The molecule has 0 radical (unpaired) electrons. The Morgan fingerprint density at radius 1 is 1.24 bits per heavy atom. The van der Waals surface area contributed by atoms with E-state index in [2.05, 4.69) is 24.1 Å². The van der Waals surface area contributed by atoms with Crippen LogP contribution in [0.25, 0.3) is 0 Å². The van der Waals surface area contributed by atoms with Crippen molar-refractivity contribution < 1.29 is 9.53 Å². The first-order chi connectivity index (χ1) is 10.2. The van der Waals surface area contributed by atoms with Crippen LogP contribution in [-0.2, 0) is 9.53 Å². The van der Waals surface area contributed by atoms with E-state index in [-0.39, 0.29) is 12.0 Å². The lowest BCUT2D eigenvalue weighted by Gasteiger charge is -2.34. The van der Waals surface area contributed by atoms with Crippen LogP contribution in [-0.4, -0.2) is 49.2 Å². The summed E-state index contributed by atoms with van der Waals surface area (Å²) in [6, 6.07) is 0.570. The minimum atomic E-state index is -0.150. The van der Waals surface area contributed by atoms with E-state index in [1.165, 1.54) is 32.1 Å². The van der Waals surface area contributed by atoms with E-state index in [0.29, 0.717) is 6.61 Å². The summed E-state index contributed by atoms with van der Waals surface area (Å²) in [6.45, 7) is 9.62. The Kier molecular flexibility index (Phi) is 9.68. The van der Waals surface area contributed by atoms with Crippen molar-refractivity contribution in [3.8, 4) is 0 Å². The standard InChI is InChI=1S/C17H34N2O2/c1-4-13-18-16(17(20)21-6-3)12-14-19(5-2)15-10-8-7-9-11-15/h15-16,18H,4-14H2,1-3H3. The van der Waals surface area contributed by atoms with E-state index < -0.39 is 0 Å². The highest BCUT2D eigenvalue weighted by molar-refractivity contribution is 5.75. The maximum Gasteiger partial charge on any atom is 0.323 e. The smallest absolute Gasteiger partial charge is 0.323 e. The quantitative estimate of drug-likeness (QED) is 0.630. The first-order valence-electron chi connectivity index (χ1n) is 8.86. The Morgan fingerprint density at radius 2 is 1.95 bits per heavy atom. The van der Waals surface area contributed by atoms with Gasteiger partial charge in [0.15, 0.2) is 0 Å². The Morgan fingerprint density at radius 3 is 2.52 bits per heavy atom. The van der Waals surface area contributed by atoms with Gasteiger partial charge in [0.2, 0.25) is 0 Å². The van der Waals surface area contributed by atoms with Crippen molar-refractivity contribution in [1.82, 2.24) is 10.2 Å². The molecule has 21 heavy (non-hydrogen) atoms. The van der Waals surface area contributed by atoms with Gasteiger partial charge in [0.05, 0.1) is 6.61 Å². The first-order valence-corrected chi connectivity index (χ1v) is 8.86. The summed E-state index contributed by atoms with van der Waals surface area (Å²) >= 11 is 0. The average molecular weight is 298 g/mol. The zero-order chi connectivity index (χ0) is 15.5. The van der Waals surface area contributed by atoms with E-state index in [1.54, 1.807) is 0 Å². The van der Waals surface area contributed by atoms with E-state index >= 15 is 0 Å². The lowest BCUT2D eigenvalue weighted by molar-refractivity contribution is -0.146. The lowest BCUT2D eigenvalue weighted by atomic mass is 9.94. The van der Waals surface area contributed by atoms with Gasteiger partial charge in [0.25, 0.3) is 0 Å². The average Bonchev–Trinajstić information content (AvgIpc) is 2.52. The second-order valence-corrected chi connectivity index (χ2v) is 5.97. The second-order valence-electron chi connectivity index (χ2n) is 5.97. The van der Waals surface area contributed by atoms with Gasteiger partial charge in [0.1, 0.15) is 6.04 Å². The molecule has 1 saturated carbocycles.